The second kappa shape index (κ2) is 9.84. The molecule has 3 aromatic rings. The third-order valence-corrected chi connectivity index (χ3v) is 5.89. The van der Waals surface area contributed by atoms with E-state index in [1.807, 2.05) is 0 Å². The maximum atomic E-state index is 13.0. The van der Waals surface area contributed by atoms with Crippen LogP contribution in [0.4, 0.5) is 5.69 Å². The van der Waals surface area contributed by atoms with Crippen LogP contribution in [-0.4, -0.2) is 33.7 Å². The molecular weight excluding hydrogens is 454 g/mol. The highest BCUT2D eigenvalue weighted by Gasteiger charge is 2.26. The molecule has 3 aromatic carbocycles. The largest absolute Gasteiger partial charge is 0.495 e. The smallest absolute Gasteiger partial charge is 0.339 e. The van der Waals surface area contributed by atoms with Gasteiger partial charge in [0.2, 0.25) is 6.10 Å². The summed E-state index contributed by atoms with van der Waals surface area (Å²) in [5.74, 6) is -1.00. The van der Waals surface area contributed by atoms with Gasteiger partial charge in [0.15, 0.2) is 9.84 Å². The Labute approximate surface area is 190 Å². The minimum atomic E-state index is -3.52. The van der Waals surface area contributed by atoms with E-state index in [9.17, 15) is 18.0 Å². The Balaban J connectivity index is 1.88. The number of nitrogens with one attached hydrogen (secondary N) is 1. The third kappa shape index (κ3) is 5.66. The minimum Gasteiger partial charge on any atom is -0.495 e. The van der Waals surface area contributed by atoms with Gasteiger partial charge in [0, 0.05) is 17.5 Å². The number of anilines is 1. The van der Waals surface area contributed by atoms with Crippen molar-refractivity contribution in [2.75, 3.05) is 18.7 Å². The monoisotopic (exact) mass is 473 g/mol. The second-order valence-corrected chi connectivity index (χ2v) is 9.26. The van der Waals surface area contributed by atoms with Crippen LogP contribution in [0.25, 0.3) is 0 Å². The number of esters is 1. The van der Waals surface area contributed by atoms with Crippen LogP contribution in [0.2, 0.25) is 5.02 Å². The van der Waals surface area contributed by atoms with Crippen molar-refractivity contribution in [1.29, 1.82) is 0 Å². The lowest BCUT2D eigenvalue weighted by atomic mass is 10.1. The van der Waals surface area contributed by atoms with Crippen LogP contribution in [-0.2, 0) is 19.4 Å². The average molecular weight is 474 g/mol. The number of amides is 1. The van der Waals surface area contributed by atoms with E-state index in [0.717, 1.165) is 6.26 Å². The van der Waals surface area contributed by atoms with Gasteiger partial charge in [-0.15, -0.1) is 0 Å². The number of benzene rings is 3. The van der Waals surface area contributed by atoms with Crippen LogP contribution in [0.15, 0.2) is 77.7 Å². The Kier molecular flexibility index (Phi) is 7.17. The summed E-state index contributed by atoms with van der Waals surface area (Å²) in [6.07, 6.45) is -0.246. The summed E-state index contributed by atoms with van der Waals surface area (Å²) in [6, 6.07) is 18.6. The number of carbonyl (C=O) groups excluding carboxylic acids is 2. The van der Waals surface area contributed by atoms with E-state index < -0.39 is 27.8 Å². The van der Waals surface area contributed by atoms with Gasteiger partial charge in [-0.1, -0.05) is 48.0 Å². The third-order valence-electron chi connectivity index (χ3n) is 4.48. The molecule has 0 aliphatic heterocycles. The Morgan fingerprint density at radius 1 is 0.969 bits per heavy atom. The fraction of sp³-hybridized carbons (Fsp3) is 0.130. The standard InChI is InChI=1S/C23H20ClNO6S/c1-30-20-12-11-17(14-19(20)24)25-22(26)21(15-7-4-3-5-8-15)31-23(27)16-9-6-10-18(13-16)32(2,28)29/h3-14,21H,1-2H3,(H,25,26). The molecular formula is C23H20ClNO6S. The summed E-state index contributed by atoms with van der Waals surface area (Å²) < 4.78 is 34.2. The summed E-state index contributed by atoms with van der Waals surface area (Å²) in [5.41, 5.74) is 0.836. The fourth-order valence-corrected chi connectivity index (χ4v) is 3.81. The average Bonchev–Trinajstić information content (AvgIpc) is 2.77. The van der Waals surface area contributed by atoms with Gasteiger partial charge in [-0.05, 0) is 36.4 Å². The molecule has 0 fully saturated rings. The van der Waals surface area contributed by atoms with Crippen LogP contribution in [0.1, 0.15) is 22.0 Å². The zero-order chi connectivity index (χ0) is 23.3. The van der Waals surface area contributed by atoms with Crippen LogP contribution >= 0.6 is 11.6 Å². The van der Waals surface area contributed by atoms with Crippen LogP contribution < -0.4 is 10.1 Å². The van der Waals surface area contributed by atoms with Crippen molar-refractivity contribution in [1.82, 2.24) is 0 Å². The van der Waals surface area contributed by atoms with Gasteiger partial charge < -0.3 is 14.8 Å². The molecule has 0 aliphatic rings. The first-order chi connectivity index (χ1) is 15.2. The second-order valence-electron chi connectivity index (χ2n) is 6.83. The first-order valence-electron chi connectivity index (χ1n) is 9.39. The van der Waals surface area contributed by atoms with Crippen LogP contribution in [0.5, 0.6) is 5.75 Å². The Morgan fingerprint density at radius 3 is 2.31 bits per heavy atom. The first-order valence-corrected chi connectivity index (χ1v) is 11.7. The van der Waals surface area contributed by atoms with Crippen LogP contribution in [0.3, 0.4) is 0 Å². The quantitative estimate of drug-likeness (QED) is 0.514. The van der Waals surface area contributed by atoms with Gasteiger partial charge in [-0.25, -0.2) is 13.2 Å². The number of hydrogen-bond acceptors (Lipinski definition) is 6. The van der Waals surface area contributed by atoms with Gasteiger partial charge in [-0.3, -0.25) is 4.79 Å². The number of hydrogen-bond donors (Lipinski definition) is 1. The minimum absolute atomic E-state index is 0.00847. The van der Waals surface area contributed by atoms with Crippen molar-refractivity contribution in [3.63, 3.8) is 0 Å². The number of rotatable bonds is 7. The molecule has 32 heavy (non-hydrogen) atoms. The number of carbonyl (C=O) groups is 2. The number of methoxy groups -OCH3 is 1. The lowest BCUT2D eigenvalue weighted by Gasteiger charge is -2.18. The summed E-state index contributed by atoms with van der Waals surface area (Å²) in [5, 5.41) is 2.98. The molecule has 1 atom stereocenters. The van der Waals surface area contributed by atoms with Gasteiger partial charge in [0.1, 0.15) is 5.75 Å². The molecule has 9 heteroatoms. The molecule has 1 N–H and O–H groups in total. The van der Waals surface area contributed by atoms with E-state index in [4.69, 9.17) is 21.1 Å². The normalized spacial score (nSPS) is 12.0. The van der Waals surface area contributed by atoms with Crippen LogP contribution in [0, 0.1) is 0 Å². The lowest BCUT2D eigenvalue weighted by Crippen LogP contribution is -2.26. The maximum absolute atomic E-state index is 13.0. The summed E-state index contributed by atoms with van der Waals surface area (Å²) in [7, 11) is -2.04. The van der Waals surface area contributed by atoms with E-state index in [1.165, 1.54) is 37.4 Å². The molecule has 7 nitrogen and oxygen atoms in total. The van der Waals surface area contributed by atoms with Gasteiger partial charge >= 0.3 is 5.97 Å². The molecule has 0 saturated carbocycles. The van der Waals surface area contributed by atoms with E-state index in [0.29, 0.717) is 22.0 Å². The summed E-state index contributed by atoms with van der Waals surface area (Å²) in [4.78, 5) is 25.8. The van der Waals surface area contributed by atoms with Gasteiger partial charge in [-0.2, -0.15) is 0 Å². The highest BCUT2D eigenvalue weighted by molar-refractivity contribution is 7.90. The topological polar surface area (TPSA) is 98.8 Å². The molecule has 0 radical (unpaired) electrons. The Bertz CT molecular complexity index is 1240. The van der Waals surface area contributed by atoms with Crippen molar-refractivity contribution in [2.24, 2.45) is 0 Å². The Hall–Kier alpha value is -3.36. The predicted molar refractivity (Wildman–Crippen MR) is 121 cm³/mol. The molecule has 1 amide bonds. The van der Waals surface area contributed by atoms with Crippen molar-refractivity contribution in [3.05, 3.63) is 88.9 Å². The molecule has 166 valence electrons. The molecule has 0 spiro atoms. The molecule has 1 unspecified atom stereocenters. The maximum Gasteiger partial charge on any atom is 0.339 e. The van der Waals surface area contributed by atoms with E-state index in [2.05, 4.69) is 5.32 Å². The predicted octanol–water partition coefficient (Wildman–Crippen LogP) is 4.29. The van der Waals surface area contributed by atoms with E-state index in [-0.39, 0.29) is 10.5 Å². The molecule has 0 heterocycles. The number of halogens is 1. The van der Waals surface area contributed by atoms with Gasteiger partial charge in [0.05, 0.1) is 22.6 Å². The summed E-state index contributed by atoms with van der Waals surface area (Å²) in [6.45, 7) is 0. The van der Waals surface area contributed by atoms with Crippen molar-refractivity contribution < 1.29 is 27.5 Å². The SMILES string of the molecule is COc1ccc(NC(=O)C(OC(=O)c2cccc(S(C)(=O)=O)c2)c2ccccc2)cc1Cl. The Morgan fingerprint density at radius 2 is 1.69 bits per heavy atom. The summed E-state index contributed by atoms with van der Waals surface area (Å²) >= 11 is 6.11. The van der Waals surface area contributed by atoms with E-state index in [1.54, 1.807) is 42.5 Å². The van der Waals surface area contributed by atoms with Crippen molar-refractivity contribution >= 4 is 39.0 Å². The fourth-order valence-electron chi connectivity index (χ4n) is 2.88. The lowest BCUT2D eigenvalue weighted by molar-refractivity contribution is -0.125. The molecule has 0 saturated heterocycles. The van der Waals surface area contributed by atoms with E-state index >= 15 is 0 Å². The zero-order valence-electron chi connectivity index (χ0n) is 17.2. The van der Waals surface area contributed by atoms with Gasteiger partial charge in [0.25, 0.3) is 5.91 Å². The number of ether oxygens (including phenoxy) is 2. The molecule has 0 aromatic heterocycles. The van der Waals surface area contributed by atoms with Crippen molar-refractivity contribution in [3.8, 4) is 5.75 Å². The first kappa shape index (κ1) is 23.3. The molecule has 0 aliphatic carbocycles. The van der Waals surface area contributed by atoms with Crippen molar-refractivity contribution in [2.45, 2.75) is 11.0 Å². The zero-order valence-corrected chi connectivity index (χ0v) is 18.8. The highest BCUT2D eigenvalue weighted by atomic mass is 35.5. The highest BCUT2D eigenvalue weighted by Crippen LogP contribution is 2.28. The molecule has 0 bridgehead atoms. The molecule has 3 rings (SSSR count). The number of sulfone groups is 1.